The van der Waals surface area contributed by atoms with Gasteiger partial charge in [0.2, 0.25) is 0 Å². The molecule has 0 bridgehead atoms. The smallest absolute Gasteiger partial charge is 0.277 e. The first-order valence-corrected chi connectivity index (χ1v) is 7.90. The Bertz CT molecular complexity index is 743. The van der Waals surface area contributed by atoms with Crippen molar-refractivity contribution in [3.8, 4) is 6.07 Å². The van der Waals surface area contributed by atoms with Crippen LogP contribution < -0.4 is 5.32 Å². The number of carbonyl (C=O) groups is 2. The largest absolute Gasteiger partial charge is 0.395 e. The highest BCUT2D eigenvalue weighted by Crippen LogP contribution is 2.38. The fourth-order valence-electron chi connectivity index (χ4n) is 1.87. The molecule has 2 rings (SSSR count). The van der Waals surface area contributed by atoms with Crippen molar-refractivity contribution in [1.29, 1.82) is 5.26 Å². The monoisotopic (exact) mass is 447 g/mol. The Labute approximate surface area is 147 Å². The number of imide groups is 1. The molecule has 1 heterocycles. The number of benzene rings is 1. The standard InChI is InChI=1S/C13H8Br2ClN3O3/c14-7-3-8(15)12(6(5-17)11(7)16)18-9-4-10(21)19(1-2-20)13(9)22/h3-4,18,20H,1-2H2. The summed E-state index contributed by atoms with van der Waals surface area (Å²) in [6, 6.07) is 3.57. The van der Waals surface area contributed by atoms with Crippen molar-refractivity contribution >= 4 is 61.0 Å². The molecule has 0 saturated heterocycles. The van der Waals surface area contributed by atoms with Gasteiger partial charge in [-0.15, -0.1) is 0 Å². The lowest BCUT2D eigenvalue weighted by Crippen LogP contribution is -2.34. The average molecular weight is 449 g/mol. The third-order valence-corrected chi connectivity index (χ3v) is 4.75. The minimum atomic E-state index is -0.575. The van der Waals surface area contributed by atoms with Crippen molar-refractivity contribution in [2.75, 3.05) is 18.5 Å². The average Bonchev–Trinajstić information content (AvgIpc) is 2.73. The highest BCUT2D eigenvalue weighted by molar-refractivity contribution is 9.11. The van der Waals surface area contributed by atoms with E-state index in [2.05, 4.69) is 37.2 Å². The van der Waals surface area contributed by atoms with Crippen LogP contribution in [-0.4, -0.2) is 35.0 Å². The number of hydrogen-bond acceptors (Lipinski definition) is 5. The van der Waals surface area contributed by atoms with Gasteiger partial charge < -0.3 is 10.4 Å². The molecule has 2 amide bonds. The van der Waals surface area contributed by atoms with Crippen molar-refractivity contribution < 1.29 is 14.7 Å². The number of halogens is 3. The van der Waals surface area contributed by atoms with Crippen LogP contribution >= 0.6 is 43.5 Å². The van der Waals surface area contributed by atoms with E-state index in [1.54, 1.807) is 6.07 Å². The molecular weight excluding hydrogens is 441 g/mol. The SMILES string of the molecule is N#Cc1c(Cl)c(Br)cc(Br)c1NC1=CC(=O)N(CCO)C1=O. The van der Waals surface area contributed by atoms with Crippen molar-refractivity contribution in [3.05, 3.63) is 37.4 Å². The van der Waals surface area contributed by atoms with Crippen LogP contribution in [-0.2, 0) is 9.59 Å². The van der Waals surface area contributed by atoms with Gasteiger partial charge >= 0.3 is 0 Å². The van der Waals surface area contributed by atoms with Gasteiger partial charge in [0.25, 0.3) is 11.8 Å². The molecule has 0 saturated carbocycles. The summed E-state index contributed by atoms with van der Waals surface area (Å²) in [5, 5.41) is 21.1. The molecule has 0 fully saturated rings. The number of β-amino-alcohol motifs (C(OH)–C–C–N with tert-alkyl or cyclic N) is 1. The van der Waals surface area contributed by atoms with Crippen LogP contribution in [0, 0.1) is 11.3 Å². The quantitative estimate of drug-likeness (QED) is 0.544. The summed E-state index contributed by atoms with van der Waals surface area (Å²) in [5.41, 5.74) is 0.424. The van der Waals surface area contributed by atoms with Gasteiger partial charge in [0.05, 0.1) is 29.4 Å². The van der Waals surface area contributed by atoms with E-state index >= 15 is 0 Å². The molecule has 0 unspecified atom stereocenters. The predicted molar refractivity (Wildman–Crippen MR) is 87.1 cm³/mol. The van der Waals surface area contributed by atoms with Crippen LogP contribution in [0.4, 0.5) is 5.69 Å². The minimum absolute atomic E-state index is 0.00837. The Morgan fingerprint density at radius 1 is 1.36 bits per heavy atom. The van der Waals surface area contributed by atoms with Gasteiger partial charge in [-0.2, -0.15) is 5.26 Å². The topological polar surface area (TPSA) is 93.4 Å². The molecule has 0 aromatic heterocycles. The number of anilines is 1. The number of aliphatic hydroxyl groups excluding tert-OH is 1. The maximum atomic E-state index is 12.1. The van der Waals surface area contributed by atoms with Crippen molar-refractivity contribution in [3.63, 3.8) is 0 Å². The van der Waals surface area contributed by atoms with Crippen LogP contribution in [0.5, 0.6) is 0 Å². The number of amides is 2. The molecule has 0 radical (unpaired) electrons. The van der Waals surface area contributed by atoms with Crippen LogP contribution in [0.1, 0.15) is 5.56 Å². The fourth-order valence-corrected chi connectivity index (χ4v) is 3.32. The molecule has 22 heavy (non-hydrogen) atoms. The lowest BCUT2D eigenvalue weighted by atomic mass is 10.2. The number of aliphatic hydroxyl groups is 1. The Morgan fingerprint density at radius 2 is 2.05 bits per heavy atom. The summed E-state index contributed by atoms with van der Waals surface area (Å²) < 4.78 is 1.02. The van der Waals surface area contributed by atoms with Crippen molar-refractivity contribution in [2.45, 2.75) is 0 Å². The minimum Gasteiger partial charge on any atom is -0.395 e. The number of nitrogens with zero attached hydrogens (tertiary/aromatic N) is 2. The Morgan fingerprint density at radius 3 is 2.64 bits per heavy atom. The fraction of sp³-hybridized carbons (Fsp3) is 0.154. The molecule has 0 spiro atoms. The van der Waals surface area contributed by atoms with Crippen LogP contribution in [0.25, 0.3) is 0 Å². The summed E-state index contributed by atoms with van der Waals surface area (Å²) in [4.78, 5) is 24.7. The van der Waals surface area contributed by atoms with E-state index in [0.717, 1.165) is 11.0 Å². The number of nitriles is 1. The molecule has 114 valence electrons. The van der Waals surface area contributed by atoms with E-state index in [1.165, 1.54) is 0 Å². The first-order valence-electron chi connectivity index (χ1n) is 5.93. The van der Waals surface area contributed by atoms with E-state index in [9.17, 15) is 14.9 Å². The van der Waals surface area contributed by atoms with Gasteiger partial charge in [-0.1, -0.05) is 11.6 Å². The van der Waals surface area contributed by atoms with Crippen molar-refractivity contribution in [2.24, 2.45) is 0 Å². The van der Waals surface area contributed by atoms with Gasteiger partial charge in [-0.25, -0.2) is 0 Å². The van der Waals surface area contributed by atoms with E-state index in [0.29, 0.717) is 8.95 Å². The Balaban J connectivity index is 2.39. The summed E-state index contributed by atoms with van der Waals surface area (Å²) in [5.74, 6) is -1.10. The molecular formula is C13H8Br2ClN3O3. The lowest BCUT2D eigenvalue weighted by molar-refractivity contribution is -0.137. The molecule has 6 nitrogen and oxygen atoms in total. The number of rotatable bonds is 4. The van der Waals surface area contributed by atoms with Crippen LogP contribution in [0.15, 0.2) is 26.8 Å². The molecule has 0 atom stereocenters. The lowest BCUT2D eigenvalue weighted by Gasteiger charge is -2.15. The van der Waals surface area contributed by atoms with Crippen LogP contribution in [0.2, 0.25) is 5.02 Å². The summed E-state index contributed by atoms with van der Waals surface area (Å²) in [6.45, 7) is -0.414. The van der Waals surface area contributed by atoms with E-state index < -0.39 is 11.8 Å². The zero-order chi connectivity index (χ0) is 16.4. The zero-order valence-electron chi connectivity index (χ0n) is 10.9. The maximum Gasteiger partial charge on any atom is 0.277 e. The second-order valence-electron chi connectivity index (χ2n) is 4.22. The molecule has 1 aliphatic heterocycles. The number of hydrogen-bond donors (Lipinski definition) is 2. The van der Waals surface area contributed by atoms with E-state index in [1.807, 2.05) is 6.07 Å². The van der Waals surface area contributed by atoms with Gasteiger partial charge in [0.15, 0.2) is 0 Å². The first-order chi connectivity index (χ1) is 10.4. The van der Waals surface area contributed by atoms with Crippen LogP contribution in [0.3, 0.4) is 0 Å². The number of nitrogens with one attached hydrogen (secondary N) is 1. The predicted octanol–water partition coefficient (Wildman–Crippen LogP) is 2.39. The summed E-state index contributed by atoms with van der Waals surface area (Å²) in [6.07, 6.45) is 1.11. The molecule has 1 aliphatic rings. The van der Waals surface area contributed by atoms with E-state index in [-0.39, 0.29) is 35.1 Å². The molecule has 0 aliphatic carbocycles. The maximum absolute atomic E-state index is 12.1. The highest BCUT2D eigenvalue weighted by Gasteiger charge is 2.31. The summed E-state index contributed by atoms with van der Waals surface area (Å²) in [7, 11) is 0. The third kappa shape index (κ3) is 3.03. The normalized spacial score (nSPS) is 14.1. The van der Waals surface area contributed by atoms with Gasteiger partial charge in [0, 0.05) is 15.0 Å². The van der Waals surface area contributed by atoms with Gasteiger partial charge in [0.1, 0.15) is 11.8 Å². The highest BCUT2D eigenvalue weighted by atomic mass is 79.9. The van der Waals surface area contributed by atoms with Gasteiger partial charge in [-0.05, 0) is 37.9 Å². The van der Waals surface area contributed by atoms with Crippen molar-refractivity contribution in [1.82, 2.24) is 4.90 Å². The number of carbonyl (C=O) groups excluding carboxylic acids is 2. The van der Waals surface area contributed by atoms with Gasteiger partial charge in [-0.3, -0.25) is 14.5 Å². The third-order valence-electron chi connectivity index (χ3n) is 2.88. The van der Waals surface area contributed by atoms with E-state index in [4.69, 9.17) is 16.7 Å². The molecule has 1 aromatic rings. The molecule has 2 N–H and O–H groups in total. The Hall–Kier alpha value is -1.40. The summed E-state index contributed by atoms with van der Waals surface area (Å²) >= 11 is 12.6. The second kappa shape index (κ2) is 6.79. The zero-order valence-corrected chi connectivity index (χ0v) is 14.8. The first kappa shape index (κ1) is 17.0. The molecule has 1 aromatic carbocycles. The Kier molecular flexibility index (Phi) is 5.24. The molecule has 9 heteroatoms. The second-order valence-corrected chi connectivity index (χ2v) is 6.30.